The molecule has 0 saturated heterocycles. The minimum atomic E-state index is -0.733. The third kappa shape index (κ3) is 2.41. The van der Waals surface area contributed by atoms with Gasteiger partial charge in [-0.15, -0.1) is 11.8 Å². The number of carboxylic acids is 1. The first-order valence-corrected chi connectivity index (χ1v) is 6.62. The molecule has 0 radical (unpaired) electrons. The maximum Gasteiger partial charge on any atom is 0.304 e. The molecular weight excluding hydrogens is 234 g/mol. The van der Waals surface area contributed by atoms with Gasteiger partial charge in [0.25, 0.3) is 0 Å². The van der Waals surface area contributed by atoms with E-state index in [2.05, 4.69) is 31.3 Å². The first kappa shape index (κ1) is 12.3. The summed E-state index contributed by atoms with van der Waals surface area (Å²) < 4.78 is 0. The van der Waals surface area contributed by atoms with Crippen molar-refractivity contribution < 1.29 is 9.90 Å². The molecule has 17 heavy (non-hydrogen) atoms. The van der Waals surface area contributed by atoms with Crippen LogP contribution in [0.15, 0.2) is 17.0 Å². The van der Waals surface area contributed by atoms with Crippen LogP contribution in [-0.2, 0) is 4.79 Å². The van der Waals surface area contributed by atoms with Gasteiger partial charge in [0.15, 0.2) is 0 Å². The van der Waals surface area contributed by atoms with E-state index >= 15 is 0 Å². The van der Waals surface area contributed by atoms with Crippen LogP contribution in [0.1, 0.15) is 24.5 Å². The lowest BCUT2D eigenvalue weighted by Gasteiger charge is -2.32. The zero-order valence-electron chi connectivity index (χ0n) is 10.3. The lowest BCUT2D eigenvalue weighted by atomic mass is 10.1. The molecule has 0 aromatic heterocycles. The average Bonchev–Trinajstić information content (AvgIpc) is 2.25. The second-order valence-electron chi connectivity index (χ2n) is 4.57. The number of benzene rings is 1. The number of nitrogens with one attached hydrogen (secondary N) is 1. The van der Waals surface area contributed by atoms with Crippen molar-refractivity contribution in [2.75, 3.05) is 5.32 Å². The van der Waals surface area contributed by atoms with Crippen LogP contribution in [0.2, 0.25) is 0 Å². The van der Waals surface area contributed by atoms with E-state index in [1.165, 1.54) is 16.8 Å². The second-order valence-corrected chi connectivity index (χ2v) is 5.85. The van der Waals surface area contributed by atoms with E-state index in [4.69, 9.17) is 5.11 Å². The summed E-state index contributed by atoms with van der Waals surface area (Å²) in [4.78, 5) is 12.0. The first-order chi connectivity index (χ1) is 7.99. The number of carbonyl (C=O) groups is 1. The molecule has 0 fully saturated rings. The van der Waals surface area contributed by atoms with Gasteiger partial charge in [-0.3, -0.25) is 4.79 Å². The predicted molar refractivity (Wildman–Crippen MR) is 70.9 cm³/mol. The van der Waals surface area contributed by atoms with Gasteiger partial charge in [-0.1, -0.05) is 6.07 Å². The van der Waals surface area contributed by atoms with Crippen molar-refractivity contribution in [3.05, 3.63) is 23.3 Å². The number of hydrogen-bond donors (Lipinski definition) is 2. The van der Waals surface area contributed by atoms with Crippen LogP contribution < -0.4 is 5.32 Å². The van der Waals surface area contributed by atoms with E-state index in [0.717, 1.165) is 4.90 Å². The third-order valence-corrected chi connectivity index (χ3v) is 4.75. The molecule has 2 atom stereocenters. The molecule has 3 nitrogen and oxygen atoms in total. The van der Waals surface area contributed by atoms with Gasteiger partial charge in [0.05, 0.1) is 12.1 Å². The fraction of sp³-hybridized carbons (Fsp3) is 0.462. The summed E-state index contributed by atoms with van der Waals surface area (Å²) in [6.07, 6.45) is 0.200. The van der Waals surface area contributed by atoms with Crippen LogP contribution in [-0.4, -0.2) is 22.4 Å². The summed E-state index contributed by atoms with van der Waals surface area (Å²) in [5.41, 5.74) is 3.69. The number of thioether (sulfide) groups is 1. The molecular formula is C13H17NO2S. The van der Waals surface area contributed by atoms with Crippen LogP contribution >= 0.6 is 11.8 Å². The number of rotatable bonds is 2. The smallest absolute Gasteiger partial charge is 0.304 e. The molecule has 1 aliphatic heterocycles. The van der Waals surface area contributed by atoms with Gasteiger partial charge in [-0.25, -0.2) is 0 Å². The molecule has 92 valence electrons. The maximum absolute atomic E-state index is 10.8. The van der Waals surface area contributed by atoms with Crippen molar-refractivity contribution in [1.82, 2.24) is 0 Å². The Balaban J connectivity index is 2.30. The molecule has 0 aliphatic carbocycles. The molecule has 0 saturated carbocycles. The minimum absolute atomic E-state index is 0.0992. The van der Waals surface area contributed by atoms with E-state index in [1.807, 2.05) is 6.92 Å². The number of carboxylic acid groups (broad SMARTS) is 1. The standard InChI is InChI=1S/C13H17NO2S/c1-7-4-5-10-13(8(7)2)14-9(3)11(17-10)6-12(15)16/h4-5,9,11,14H,6H2,1-3H3,(H,15,16). The van der Waals surface area contributed by atoms with Crippen molar-refractivity contribution in [1.29, 1.82) is 0 Å². The Morgan fingerprint density at radius 1 is 1.47 bits per heavy atom. The monoisotopic (exact) mass is 251 g/mol. The highest BCUT2D eigenvalue weighted by molar-refractivity contribution is 8.00. The predicted octanol–water partition coefficient (Wildman–Crippen LogP) is 3.05. The summed E-state index contributed by atoms with van der Waals surface area (Å²) in [5, 5.41) is 12.4. The van der Waals surface area contributed by atoms with E-state index in [9.17, 15) is 4.79 Å². The molecule has 0 amide bonds. The van der Waals surface area contributed by atoms with Gasteiger partial charge in [0.2, 0.25) is 0 Å². The van der Waals surface area contributed by atoms with Gasteiger partial charge in [0, 0.05) is 16.2 Å². The minimum Gasteiger partial charge on any atom is -0.481 e. The molecule has 2 unspecified atom stereocenters. The van der Waals surface area contributed by atoms with Crippen molar-refractivity contribution in [2.24, 2.45) is 0 Å². The summed E-state index contributed by atoms with van der Waals surface area (Å²) in [6, 6.07) is 4.36. The van der Waals surface area contributed by atoms with Crippen LogP contribution in [0.5, 0.6) is 0 Å². The molecule has 2 N–H and O–H groups in total. The molecule has 0 spiro atoms. The van der Waals surface area contributed by atoms with E-state index < -0.39 is 5.97 Å². The lowest BCUT2D eigenvalue weighted by molar-refractivity contribution is -0.137. The van der Waals surface area contributed by atoms with Gasteiger partial charge < -0.3 is 10.4 Å². The average molecular weight is 251 g/mol. The van der Waals surface area contributed by atoms with E-state index in [-0.39, 0.29) is 17.7 Å². The van der Waals surface area contributed by atoms with Gasteiger partial charge in [-0.2, -0.15) is 0 Å². The molecule has 1 heterocycles. The third-order valence-electron chi connectivity index (χ3n) is 3.28. The Kier molecular flexibility index (Phi) is 3.33. The Hall–Kier alpha value is -1.16. The highest BCUT2D eigenvalue weighted by Crippen LogP contribution is 2.41. The molecule has 1 aromatic rings. The zero-order chi connectivity index (χ0) is 12.6. The van der Waals surface area contributed by atoms with Gasteiger partial charge >= 0.3 is 5.97 Å². The van der Waals surface area contributed by atoms with Crippen LogP contribution in [0, 0.1) is 13.8 Å². The number of anilines is 1. The topological polar surface area (TPSA) is 49.3 Å². The highest BCUT2D eigenvalue weighted by Gasteiger charge is 2.28. The fourth-order valence-corrected chi connectivity index (χ4v) is 3.35. The summed E-state index contributed by atoms with van der Waals surface area (Å²) in [7, 11) is 0. The SMILES string of the molecule is Cc1ccc2c(c1C)NC(C)C(CC(=O)O)S2. The Morgan fingerprint density at radius 3 is 2.82 bits per heavy atom. The van der Waals surface area contributed by atoms with Crippen LogP contribution in [0.3, 0.4) is 0 Å². The van der Waals surface area contributed by atoms with Crippen LogP contribution in [0.4, 0.5) is 5.69 Å². The van der Waals surface area contributed by atoms with E-state index in [1.54, 1.807) is 11.8 Å². The molecule has 2 rings (SSSR count). The van der Waals surface area contributed by atoms with Crippen molar-refractivity contribution in [3.8, 4) is 0 Å². The first-order valence-electron chi connectivity index (χ1n) is 5.74. The highest BCUT2D eigenvalue weighted by atomic mass is 32.2. The summed E-state index contributed by atoms with van der Waals surface area (Å²) >= 11 is 1.67. The second kappa shape index (κ2) is 4.61. The van der Waals surface area contributed by atoms with Gasteiger partial charge in [0.1, 0.15) is 0 Å². The van der Waals surface area contributed by atoms with Crippen LogP contribution in [0.25, 0.3) is 0 Å². The summed E-state index contributed by atoms with van der Waals surface area (Å²) in [6.45, 7) is 6.24. The fourth-order valence-electron chi connectivity index (χ4n) is 2.04. The summed E-state index contributed by atoms with van der Waals surface area (Å²) in [5.74, 6) is -0.733. The van der Waals surface area contributed by atoms with Crippen molar-refractivity contribution in [3.63, 3.8) is 0 Å². The van der Waals surface area contributed by atoms with Crippen molar-refractivity contribution in [2.45, 2.75) is 43.4 Å². The Morgan fingerprint density at radius 2 is 2.18 bits per heavy atom. The van der Waals surface area contributed by atoms with E-state index in [0.29, 0.717) is 0 Å². The van der Waals surface area contributed by atoms with Crippen molar-refractivity contribution >= 4 is 23.4 Å². The number of fused-ring (bicyclic) bond motifs is 1. The zero-order valence-corrected chi connectivity index (χ0v) is 11.1. The number of aliphatic carboxylic acids is 1. The largest absolute Gasteiger partial charge is 0.481 e. The lowest BCUT2D eigenvalue weighted by Crippen LogP contribution is -2.34. The Bertz CT molecular complexity index is 459. The Labute approximate surface area is 106 Å². The number of hydrogen-bond acceptors (Lipinski definition) is 3. The normalized spacial score (nSPS) is 22.8. The molecule has 0 bridgehead atoms. The maximum atomic E-state index is 10.8. The molecule has 1 aromatic carbocycles. The number of aryl methyl sites for hydroxylation is 1. The quantitative estimate of drug-likeness (QED) is 0.848. The molecule has 1 aliphatic rings. The molecule has 4 heteroatoms. The van der Waals surface area contributed by atoms with Gasteiger partial charge in [-0.05, 0) is 38.0 Å².